The molecule has 1 fully saturated rings. The van der Waals surface area contributed by atoms with Crippen LogP contribution in [0.3, 0.4) is 0 Å². The van der Waals surface area contributed by atoms with Crippen LogP contribution in [0, 0.1) is 0 Å². The van der Waals surface area contributed by atoms with E-state index in [-0.39, 0.29) is 5.75 Å². The molecule has 1 aromatic heterocycles. The van der Waals surface area contributed by atoms with Crippen LogP contribution in [0.4, 0.5) is 24.9 Å². The van der Waals surface area contributed by atoms with Gasteiger partial charge in [0, 0.05) is 24.7 Å². The molecule has 0 unspecified atom stereocenters. The first kappa shape index (κ1) is 15.4. The highest BCUT2D eigenvalue weighted by atomic mass is 19.4. The van der Waals surface area contributed by atoms with E-state index in [1.54, 1.807) is 19.2 Å². The summed E-state index contributed by atoms with van der Waals surface area (Å²) in [5.41, 5.74) is 1.03. The van der Waals surface area contributed by atoms with Crippen molar-refractivity contribution < 1.29 is 17.9 Å². The zero-order valence-electron chi connectivity index (χ0n) is 12.3. The summed E-state index contributed by atoms with van der Waals surface area (Å²) in [4.78, 5) is 8.67. The molecule has 5 nitrogen and oxygen atoms in total. The van der Waals surface area contributed by atoms with Gasteiger partial charge in [-0.3, -0.25) is 0 Å². The Morgan fingerprint density at radius 3 is 2.61 bits per heavy atom. The van der Waals surface area contributed by atoms with Crippen LogP contribution < -0.4 is 15.4 Å². The molecule has 0 radical (unpaired) electrons. The van der Waals surface area contributed by atoms with E-state index in [1.165, 1.54) is 18.2 Å². The molecule has 3 rings (SSSR count). The second-order valence-corrected chi connectivity index (χ2v) is 5.21. The van der Waals surface area contributed by atoms with Gasteiger partial charge in [0.25, 0.3) is 0 Å². The van der Waals surface area contributed by atoms with Gasteiger partial charge >= 0.3 is 6.36 Å². The number of hydrogen-bond acceptors (Lipinski definition) is 5. The van der Waals surface area contributed by atoms with Crippen molar-refractivity contribution >= 4 is 11.8 Å². The monoisotopic (exact) mass is 324 g/mol. The predicted octanol–water partition coefficient (Wildman–Crippen LogP) is 3.66. The summed E-state index contributed by atoms with van der Waals surface area (Å²) in [6.45, 7) is 0. The Balaban J connectivity index is 1.91. The van der Waals surface area contributed by atoms with Crippen LogP contribution in [0.5, 0.6) is 5.75 Å². The quantitative estimate of drug-likeness (QED) is 0.879. The normalized spacial score (nSPS) is 14.4. The molecule has 8 heteroatoms. The maximum Gasteiger partial charge on any atom is 0.573 e. The molecule has 1 saturated carbocycles. The maximum atomic E-state index is 12.3. The smallest absolute Gasteiger partial charge is 0.406 e. The number of aromatic nitrogens is 2. The average molecular weight is 324 g/mol. The topological polar surface area (TPSA) is 59.1 Å². The van der Waals surface area contributed by atoms with Crippen LogP contribution in [0.25, 0.3) is 11.3 Å². The summed E-state index contributed by atoms with van der Waals surface area (Å²) >= 11 is 0. The van der Waals surface area contributed by atoms with E-state index >= 15 is 0 Å². The first-order valence-electron chi connectivity index (χ1n) is 7.12. The van der Waals surface area contributed by atoms with Crippen LogP contribution in [0.15, 0.2) is 30.3 Å². The fraction of sp³-hybridized carbons (Fsp3) is 0.333. The Bertz CT molecular complexity index is 701. The molecule has 1 aliphatic carbocycles. The molecule has 2 aromatic rings. The molecule has 0 bridgehead atoms. The Hall–Kier alpha value is -2.51. The van der Waals surface area contributed by atoms with E-state index in [1.807, 2.05) is 0 Å². The SMILES string of the molecule is CNc1cc(-c2cccc(OC(F)(F)F)c2)nc(NC2CC2)n1. The standard InChI is InChI=1S/C15H15F3N4O/c1-19-13-8-12(21-14(22-13)20-10-5-6-10)9-3-2-4-11(7-9)23-15(16,17)18/h2-4,7-8,10H,5-6H2,1H3,(H2,19,20,21,22). The van der Waals surface area contributed by atoms with Crippen LogP contribution >= 0.6 is 0 Å². The number of benzene rings is 1. The van der Waals surface area contributed by atoms with Crippen LogP contribution in [0.2, 0.25) is 0 Å². The van der Waals surface area contributed by atoms with E-state index in [9.17, 15) is 13.2 Å². The van der Waals surface area contributed by atoms with E-state index < -0.39 is 6.36 Å². The second kappa shape index (κ2) is 5.94. The van der Waals surface area contributed by atoms with Crippen molar-refractivity contribution in [2.75, 3.05) is 17.7 Å². The molecule has 0 atom stereocenters. The first-order valence-corrected chi connectivity index (χ1v) is 7.12. The largest absolute Gasteiger partial charge is 0.573 e. The van der Waals surface area contributed by atoms with Gasteiger partial charge in [0.2, 0.25) is 5.95 Å². The maximum absolute atomic E-state index is 12.3. The van der Waals surface area contributed by atoms with Crippen molar-refractivity contribution in [3.8, 4) is 17.0 Å². The van der Waals surface area contributed by atoms with Gasteiger partial charge in [0.15, 0.2) is 0 Å². The molecule has 0 spiro atoms. The molecule has 0 amide bonds. The number of halogens is 3. The van der Waals surface area contributed by atoms with Gasteiger partial charge in [0.1, 0.15) is 11.6 Å². The first-order chi connectivity index (χ1) is 10.9. The summed E-state index contributed by atoms with van der Waals surface area (Å²) in [5, 5.41) is 6.10. The fourth-order valence-corrected chi connectivity index (χ4v) is 2.05. The molecule has 0 saturated heterocycles. The summed E-state index contributed by atoms with van der Waals surface area (Å²) in [6, 6.07) is 7.76. The Morgan fingerprint density at radius 2 is 1.96 bits per heavy atom. The minimum atomic E-state index is -4.72. The molecule has 23 heavy (non-hydrogen) atoms. The fourth-order valence-electron chi connectivity index (χ4n) is 2.05. The van der Waals surface area contributed by atoms with Gasteiger partial charge in [-0.05, 0) is 25.0 Å². The molecule has 1 aliphatic rings. The summed E-state index contributed by atoms with van der Waals surface area (Å²) < 4.78 is 41.0. The summed E-state index contributed by atoms with van der Waals surface area (Å²) in [5.74, 6) is 0.758. The van der Waals surface area contributed by atoms with Crippen molar-refractivity contribution in [1.82, 2.24) is 9.97 Å². The van der Waals surface area contributed by atoms with Crippen LogP contribution in [-0.4, -0.2) is 29.4 Å². The number of nitrogens with zero attached hydrogens (tertiary/aromatic N) is 2. The van der Waals surface area contributed by atoms with Gasteiger partial charge in [-0.15, -0.1) is 13.2 Å². The number of ether oxygens (including phenoxy) is 1. The summed E-state index contributed by atoms with van der Waals surface area (Å²) in [7, 11) is 1.72. The third-order valence-corrected chi connectivity index (χ3v) is 3.26. The number of hydrogen-bond donors (Lipinski definition) is 2. The van der Waals surface area contributed by atoms with Crippen LogP contribution in [-0.2, 0) is 0 Å². The number of nitrogens with one attached hydrogen (secondary N) is 2. The summed E-state index contributed by atoms with van der Waals surface area (Å²) in [6.07, 6.45) is -2.59. The Kier molecular flexibility index (Phi) is 3.97. The number of alkyl halides is 3. The minimum absolute atomic E-state index is 0.281. The number of rotatable bonds is 5. The van der Waals surface area contributed by atoms with Crippen molar-refractivity contribution in [1.29, 1.82) is 0 Å². The lowest BCUT2D eigenvalue weighted by Crippen LogP contribution is -2.17. The van der Waals surface area contributed by atoms with Crippen molar-refractivity contribution in [2.24, 2.45) is 0 Å². The van der Waals surface area contributed by atoms with E-state index in [0.29, 0.717) is 29.1 Å². The molecular weight excluding hydrogens is 309 g/mol. The van der Waals surface area contributed by atoms with Gasteiger partial charge in [-0.25, -0.2) is 4.98 Å². The van der Waals surface area contributed by atoms with Gasteiger partial charge < -0.3 is 15.4 Å². The highest BCUT2D eigenvalue weighted by Gasteiger charge is 2.31. The minimum Gasteiger partial charge on any atom is -0.406 e. The lowest BCUT2D eigenvalue weighted by molar-refractivity contribution is -0.274. The molecule has 0 aliphatic heterocycles. The Morgan fingerprint density at radius 1 is 1.17 bits per heavy atom. The zero-order chi connectivity index (χ0) is 16.4. The van der Waals surface area contributed by atoms with Crippen molar-refractivity contribution in [3.63, 3.8) is 0 Å². The van der Waals surface area contributed by atoms with E-state index in [0.717, 1.165) is 12.8 Å². The molecule has 122 valence electrons. The van der Waals surface area contributed by atoms with Gasteiger partial charge in [-0.1, -0.05) is 12.1 Å². The molecule has 2 N–H and O–H groups in total. The molecular formula is C15H15F3N4O. The highest BCUT2D eigenvalue weighted by molar-refractivity contribution is 5.65. The van der Waals surface area contributed by atoms with E-state index in [4.69, 9.17) is 0 Å². The molecule has 1 heterocycles. The van der Waals surface area contributed by atoms with Crippen molar-refractivity contribution in [3.05, 3.63) is 30.3 Å². The predicted molar refractivity (Wildman–Crippen MR) is 80.3 cm³/mol. The average Bonchev–Trinajstić information content (AvgIpc) is 3.29. The molecule has 1 aromatic carbocycles. The third kappa shape index (κ3) is 4.24. The third-order valence-electron chi connectivity index (χ3n) is 3.26. The Labute approximate surface area is 130 Å². The van der Waals surface area contributed by atoms with Crippen molar-refractivity contribution in [2.45, 2.75) is 25.2 Å². The lowest BCUT2D eigenvalue weighted by Gasteiger charge is -2.11. The van der Waals surface area contributed by atoms with Gasteiger partial charge in [0.05, 0.1) is 5.69 Å². The zero-order valence-corrected chi connectivity index (χ0v) is 12.3. The number of anilines is 2. The van der Waals surface area contributed by atoms with Gasteiger partial charge in [-0.2, -0.15) is 4.98 Å². The van der Waals surface area contributed by atoms with E-state index in [2.05, 4.69) is 25.3 Å². The van der Waals surface area contributed by atoms with Crippen LogP contribution in [0.1, 0.15) is 12.8 Å². The second-order valence-electron chi connectivity index (χ2n) is 5.21. The highest BCUT2D eigenvalue weighted by Crippen LogP contribution is 2.29. The lowest BCUT2D eigenvalue weighted by atomic mass is 10.1.